The molecule has 0 unspecified atom stereocenters. The average molecular weight is 271 g/mol. The number of hydrogen-bond donors (Lipinski definition) is 0. The van der Waals surface area contributed by atoms with Gasteiger partial charge in [-0.3, -0.25) is 4.98 Å². The van der Waals surface area contributed by atoms with Crippen molar-refractivity contribution in [2.75, 3.05) is 13.6 Å². The van der Waals surface area contributed by atoms with E-state index in [4.69, 9.17) is 10.7 Å². The van der Waals surface area contributed by atoms with Crippen LogP contribution in [0, 0.1) is 0 Å². The van der Waals surface area contributed by atoms with E-state index in [1.54, 1.807) is 6.20 Å². The van der Waals surface area contributed by atoms with Crippen LogP contribution in [0.2, 0.25) is 0 Å². The second-order valence-electron chi connectivity index (χ2n) is 2.83. The van der Waals surface area contributed by atoms with E-state index in [0.29, 0.717) is 13.0 Å². The molecule has 86 valence electrons. The van der Waals surface area contributed by atoms with Gasteiger partial charge in [0.2, 0.25) is 0 Å². The molecule has 0 saturated heterocycles. The van der Waals surface area contributed by atoms with Gasteiger partial charge in [0.05, 0.1) is 0 Å². The first-order valence-electron chi connectivity index (χ1n) is 4.06. The third-order valence-electron chi connectivity index (χ3n) is 1.78. The van der Waals surface area contributed by atoms with E-state index < -0.39 is 9.24 Å². The largest absolute Gasteiger partial charge is 0.299 e. The zero-order chi connectivity index (χ0) is 10.6. The Labute approximate surface area is 100 Å². The van der Waals surface area contributed by atoms with Crippen molar-refractivity contribution in [1.29, 1.82) is 0 Å². The molecule has 1 aromatic heterocycles. The summed E-state index contributed by atoms with van der Waals surface area (Å²) < 4.78 is 22.7. The minimum Gasteiger partial charge on any atom is -0.261 e. The highest BCUT2D eigenvalue weighted by Crippen LogP contribution is 2.04. The van der Waals surface area contributed by atoms with Crippen LogP contribution in [0.15, 0.2) is 24.4 Å². The Morgan fingerprint density at radius 2 is 2.13 bits per heavy atom. The number of halogens is 2. The molecule has 1 rings (SSSR count). The van der Waals surface area contributed by atoms with E-state index in [1.807, 2.05) is 18.2 Å². The maximum absolute atomic E-state index is 10.8. The second kappa shape index (κ2) is 6.27. The molecule has 0 amide bonds. The third kappa shape index (κ3) is 5.32. The second-order valence-corrected chi connectivity index (χ2v) is 5.45. The SMILES string of the molecule is CN(CCc1ccccn1)S(=O)(=O)Cl.Cl. The van der Waals surface area contributed by atoms with Crippen molar-refractivity contribution >= 4 is 32.3 Å². The molecule has 0 aromatic carbocycles. The fraction of sp³-hybridized carbons (Fsp3) is 0.375. The van der Waals surface area contributed by atoms with Gasteiger partial charge < -0.3 is 0 Å². The molecule has 0 aliphatic heterocycles. The lowest BCUT2D eigenvalue weighted by Crippen LogP contribution is -2.24. The van der Waals surface area contributed by atoms with Crippen LogP contribution in [0.25, 0.3) is 0 Å². The van der Waals surface area contributed by atoms with Crippen LogP contribution < -0.4 is 0 Å². The summed E-state index contributed by atoms with van der Waals surface area (Å²) in [7, 11) is 2.97. The molecule has 0 saturated carbocycles. The van der Waals surface area contributed by atoms with Gasteiger partial charge in [-0.15, -0.1) is 12.4 Å². The van der Waals surface area contributed by atoms with Crippen molar-refractivity contribution in [3.05, 3.63) is 30.1 Å². The van der Waals surface area contributed by atoms with Crippen molar-refractivity contribution in [2.45, 2.75) is 6.42 Å². The van der Waals surface area contributed by atoms with E-state index in [0.717, 1.165) is 10.00 Å². The van der Waals surface area contributed by atoms with Crippen LogP contribution >= 0.6 is 23.1 Å². The summed E-state index contributed by atoms with van der Waals surface area (Å²) in [5.74, 6) is 0. The van der Waals surface area contributed by atoms with Crippen LogP contribution in [0.1, 0.15) is 5.69 Å². The van der Waals surface area contributed by atoms with Crippen molar-refractivity contribution < 1.29 is 8.42 Å². The van der Waals surface area contributed by atoms with Gasteiger partial charge in [0.25, 0.3) is 9.24 Å². The summed E-state index contributed by atoms with van der Waals surface area (Å²) in [5.41, 5.74) is 0.847. The Hall–Kier alpha value is -0.360. The first-order valence-corrected chi connectivity index (χ1v) is 6.32. The van der Waals surface area contributed by atoms with Gasteiger partial charge in [0, 0.05) is 42.6 Å². The highest BCUT2D eigenvalue weighted by atomic mass is 35.7. The van der Waals surface area contributed by atoms with Gasteiger partial charge in [0.1, 0.15) is 0 Å². The first-order chi connectivity index (χ1) is 6.50. The van der Waals surface area contributed by atoms with Crippen molar-refractivity contribution in [3.8, 4) is 0 Å². The molecule has 15 heavy (non-hydrogen) atoms. The number of nitrogens with zero attached hydrogens (tertiary/aromatic N) is 2. The minimum atomic E-state index is -3.60. The van der Waals surface area contributed by atoms with Gasteiger partial charge in [0.15, 0.2) is 0 Å². The van der Waals surface area contributed by atoms with E-state index in [-0.39, 0.29) is 12.4 Å². The zero-order valence-electron chi connectivity index (χ0n) is 8.13. The molecule has 0 aliphatic carbocycles. The molecular formula is C8H12Cl2N2O2S. The van der Waals surface area contributed by atoms with Gasteiger partial charge in [-0.1, -0.05) is 6.07 Å². The fourth-order valence-electron chi connectivity index (χ4n) is 0.927. The number of rotatable bonds is 4. The highest BCUT2D eigenvalue weighted by molar-refractivity contribution is 8.11. The molecule has 4 nitrogen and oxygen atoms in total. The summed E-state index contributed by atoms with van der Waals surface area (Å²) in [6.07, 6.45) is 2.23. The lowest BCUT2D eigenvalue weighted by Gasteiger charge is -2.10. The lowest BCUT2D eigenvalue weighted by molar-refractivity contribution is 0.484. The summed E-state index contributed by atoms with van der Waals surface area (Å²) in [5, 5.41) is 0. The quantitative estimate of drug-likeness (QED) is 0.779. The molecule has 1 heterocycles. The van der Waals surface area contributed by atoms with Crippen molar-refractivity contribution in [3.63, 3.8) is 0 Å². The summed E-state index contributed by atoms with van der Waals surface area (Å²) >= 11 is 0. The van der Waals surface area contributed by atoms with Crippen LogP contribution in [0.4, 0.5) is 0 Å². The standard InChI is InChI=1S/C8H11ClN2O2S.ClH/c1-11(14(9,12)13)7-5-8-4-2-3-6-10-8;/h2-4,6H,5,7H2,1H3;1H. The highest BCUT2D eigenvalue weighted by Gasteiger charge is 2.12. The average Bonchev–Trinajstić information content (AvgIpc) is 2.14. The number of pyridine rings is 1. The van der Waals surface area contributed by atoms with E-state index in [9.17, 15) is 8.42 Å². The summed E-state index contributed by atoms with van der Waals surface area (Å²) in [4.78, 5) is 4.07. The van der Waals surface area contributed by atoms with Gasteiger partial charge >= 0.3 is 0 Å². The van der Waals surface area contributed by atoms with Crippen LogP contribution in [0.5, 0.6) is 0 Å². The molecule has 0 aliphatic rings. The Kier molecular flexibility index (Phi) is 6.12. The predicted octanol–water partition coefficient (Wildman–Crippen LogP) is 1.46. The molecule has 1 aromatic rings. The fourth-order valence-corrected chi connectivity index (χ4v) is 1.44. The smallest absolute Gasteiger partial charge is 0.261 e. The Morgan fingerprint density at radius 1 is 1.47 bits per heavy atom. The molecule has 0 bridgehead atoms. The van der Waals surface area contributed by atoms with E-state index in [2.05, 4.69) is 4.98 Å². The number of hydrogen-bond acceptors (Lipinski definition) is 3. The number of likely N-dealkylation sites (N-methyl/N-ethyl adjacent to an activating group) is 1. The lowest BCUT2D eigenvalue weighted by atomic mass is 10.3. The molecular weight excluding hydrogens is 259 g/mol. The van der Waals surface area contributed by atoms with Gasteiger partial charge in [-0.2, -0.15) is 12.7 Å². The Balaban J connectivity index is 0.00000196. The maximum atomic E-state index is 10.8. The first kappa shape index (κ1) is 14.6. The molecule has 0 radical (unpaired) electrons. The van der Waals surface area contributed by atoms with Gasteiger partial charge in [-0.05, 0) is 12.1 Å². The summed E-state index contributed by atoms with van der Waals surface area (Å²) in [6, 6.07) is 5.51. The zero-order valence-corrected chi connectivity index (χ0v) is 10.5. The molecule has 0 fully saturated rings. The maximum Gasteiger partial charge on any atom is 0.299 e. The normalized spacial score (nSPS) is 11.1. The minimum absolute atomic E-state index is 0. The van der Waals surface area contributed by atoms with Crippen LogP contribution in [-0.2, 0) is 15.7 Å². The molecule has 0 N–H and O–H groups in total. The van der Waals surface area contributed by atoms with Gasteiger partial charge in [-0.25, -0.2) is 0 Å². The molecule has 7 heteroatoms. The Morgan fingerprint density at radius 3 is 2.60 bits per heavy atom. The van der Waals surface area contributed by atoms with Crippen LogP contribution in [-0.4, -0.2) is 31.3 Å². The topological polar surface area (TPSA) is 50.3 Å². The van der Waals surface area contributed by atoms with Crippen molar-refractivity contribution in [2.24, 2.45) is 0 Å². The third-order valence-corrected chi connectivity index (χ3v) is 3.42. The number of aromatic nitrogens is 1. The molecule has 0 atom stereocenters. The van der Waals surface area contributed by atoms with E-state index >= 15 is 0 Å². The summed E-state index contributed by atoms with van der Waals surface area (Å²) in [6.45, 7) is 0.336. The van der Waals surface area contributed by atoms with Crippen molar-refractivity contribution in [1.82, 2.24) is 9.29 Å². The molecule has 0 spiro atoms. The van der Waals surface area contributed by atoms with Crippen LogP contribution in [0.3, 0.4) is 0 Å². The predicted molar refractivity (Wildman–Crippen MR) is 62.6 cm³/mol. The van der Waals surface area contributed by atoms with E-state index in [1.165, 1.54) is 7.05 Å². The Bertz CT molecular complexity index is 383. The monoisotopic (exact) mass is 270 g/mol.